The molecule has 2 aromatic heterocycles. The van der Waals surface area contributed by atoms with Gasteiger partial charge in [-0.3, -0.25) is 14.5 Å². The maximum absolute atomic E-state index is 12.3. The summed E-state index contributed by atoms with van der Waals surface area (Å²) in [5.41, 5.74) is 2.21. The van der Waals surface area contributed by atoms with Gasteiger partial charge in [-0.2, -0.15) is 0 Å². The minimum atomic E-state index is -0.885. The highest BCUT2D eigenvalue weighted by Gasteiger charge is 2.32. The van der Waals surface area contributed by atoms with Crippen molar-refractivity contribution in [3.05, 3.63) is 54.4 Å². The van der Waals surface area contributed by atoms with E-state index in [0.717, 1.165) is 16.7 Å². The normalized spacial score (nSPS) is 15.9. The van der Waals surface area contributed by atoms with Crippen LogP contribution in [0.1, 0.15) is 25.5 Å². The Hall–Kier alpha value is -3.39. The number of aromatic nitrogens is 2. The van der Waals surface area contributed by atoms with Gasteiger partial charge in [0.15, 0.2) is 0 Å². The average Bonchev–Trinajstić information content (AvgIpc) is 3.17. The first-order valence-electron chi connectivity index (χ1n) is 10.5. The van der Waals surface area contributed by atoms with Gasteiger partial charge in [0.2, 0.25) is 5.91 Å². The lowest BCUT2D eigenvalue weighted by Gasteiger charge is -2.38. The number of amides is 1. The van der Waals surface area contributed by atoms with Gasteiger partial charge in [-0.25, -0.2) is 4.98 Å². The minimum Gasteiger partial charge on any atom is -0.480 e. The second kappa shape index (κ2) is 8.77. The first-order valence-corrected chi connectivity index (χ1v) is 10.5. The highest BCUT2D eigenvalue weighted by Crippen LogP contribution is 2.31. The Bertz CT molecular complexity index is 1070. The number of carbonyl (C=O) groups is 2. The van der Waals surface area contributed by atoms with Gasteiger partial charge in [0.1, 0.15) is 11.9 Å². The zero-order valence-electron chi connectivity index (χ0n) is 17.7. The average molecular weight is 422 g/mol. The van der Waals surface area contributed by atoms with E-state index in [1.165, 1.54) is 0 Å². The van der Waals surface area contributed by atoms with E-state index in [-0.39, 0.29) is 11.8 Å². The number of anilines is 2. The number of fused-ring (bicyclic) bond motifs is 1. The van der Waals surface area contributed by atoms with Gasteiger partial charge in [-0.05, 0) is 30.3 Å². The Labute approximate surface area is 180 Å². The molecule has 0 saturated carbocycles. The number of carboxylic acid groups (broad SMARTS) is 1. The molecule has 1 amide bonds. The van der Waals surface area contributed by atoms with Crippen molar-refractivity contribution in [1.82, 2.24) is 14.9 Å². The lowest BCUT2D eigenvalue weighted by molar-refractivity contribution is -0.143. The number of piperazine rings is 1. The summed E-state index contributed by atoms with van der Waals surface area (Å²) in [5, 5.41) is 13.8. The van der Waals surface area contributed by atoms with Crippen LogP contribution in [0.3, 0.4) is 0 Å². The fourth-order valence-corrected chi connectivity index (χ4v) is 3.97. The van der Waals surface area contributed by atoms with Crippen molar-refractivity contribution < 1.29 is 14.7 Å². The van der Waals surface area contributed by atoms with Crippen LogP contribution < -0.4 is 10.2 Å². The highest BCUT2D eigenvalue weighted by atomic mass is 16.4. The Balaban J connectivity index is 1.57. The monoisotopic (exact) mass is 421 g/mol. The molecule has 31 heavy (non-hydrogen) atoms. The van der Waals surface area contributed by atoms with Gasteiger partial charge in [0, 0.05) is 66.6 Å². The SMILES string of the molecule is CC(C)C(=O)Nc1ccc2[nH]cc([C@H](C(=O)O)N3CCN(c4ccccn4)CC3)c2c1. The molecule has 1 aliphatic rings. The van der Waals surface area contributed by atoms with Gasteiger partial charge >= 0.3 is 5.97 Å². The molecule has 1 aromatic carbocycles. The molecule has 3 N–H and O–H groups in total. The Morgan fingerprint density at radius 3 is 2.55 bits per heavy atom. The van der Waals surface area contributed by atoms with E-state index in [9.17, 15) is 14.7 Å². The van der Waals surface area contributed by atoms with Crippen molar-refractivity contribution in [3.63, 3.8) is 0 Å². The Kier molecular flexibility index (Phi) is 5.90. The van der Waals surface area contributed by atoms with Crippen molar-refractivity contribution in [1.29, 1.82) is 0 Å². The lowest BCUT2D eigenvalue weighted by Crippen LogP contribution is -2.49. The molecule has 1 fully saturated rings. The number of aliphatic carboxylic acids is 1. The van der Waals surface area contributed by atoms with Crippen LogP contribution in [0.25, 0.3) is 10.9 Å². The fraction of sp³-hybridized carbons (Fsp3) is 0.348. The van der Waals surface area contributed by atoms with Crippen LogP contribution in [-0.4, -0.2) is 58.0 Å². The van der Waals surface area contributed by atoms with Crippen molar-refractivity contribution in [3.8, 4) is 0 Å². The largest absolute Gasteiger partial charge is 0.480 e. The molecule has 8 nitrogen and oxygen atoms in total. The first-order chi connectivity index (χ1) is 14.9. The summed E-state index contributed by atoms with van der Waals surface area (Å²) in [6.45, 7) is 6.31. The topological polar surface area (TPSA) is 102 Å². The van der Waals surface area contributed by atoms with Gasteiger partial charge in [-0.1, -0.05) is 19.9 Å². The molecule has 0 bridgehead atoms. The van der Waals surface area contributed by atoms with E-state index in [1.54, 1.807) is 12.4 Å². The van der Waals surface area contributed by atoms with Crippen LogP contribution in [-0.2, 0) is 9.59 Å². The standard InChI is InChI=1S/C23H27N5O3/c1-15(2)22(29)26-16-6-7-19-17(13-16)18(14-25-19)21(23(30)31)28-11-9-27(10-12-28)20-5-3-4-8-24-20/h3-8,13-15,21,25H,9-12H2,1-2H3,(H,26,29)(H,30,31)/t21-/m1/s1. The molecule has 0 unspecified atom stereocenters. The number of pyridine rings is 1. The first kappa shape index (κ1) is 20.9. The molecule has 4 rings (SSSR count). The summed E-state index contributed by atoms with van der Waals surface area (Å²) in [6, 6.07) is 10.6. The number of hydrogen-bond donors (Lipinski definition) is 3. The molecule has 0 radical (unpaired) electrons. The second-order valence-corrected chi connectivity index (χ2v) is 8.10. The zero-order chi connectivity index (χ0) is 22.0. The van der Waals surface area contributed by atoms with E-state index in [0.29, 0.717) is 37.4 Å². The number of hydrogen-bond acceptors (Lipinski definition) is 5. The van der Waals surface area contributed by atoms with Gasteiger partial charge in [0.05, 0.1) is 0 Å². The fourth-order valence-electron chi connectivity index (χ4n) is 3.97. The van der Waals surface area contributed by atoms with Crippen LogP contribution in [0.2, 0.25) is 0 Å². The lowest BCUT2D eigenvalue weighted by atomic mass is 10.0. The molecular weight excluding hydrogens is 394 g/mol. The van der Waals surface area contributed by atoms with Crippen LogP contribution in [0.5, 0.6) is 0 Å². The summed E-state index contributed by atoms with van der Waals surface area (Å²) in [6.07, 6.45) is 3.53. The highest BCUT2D eigenvalue weighted by molar-refractivity contribution is 5.96. The predicted molar refractivity (Wildman–Crippen MR) is 120 cm³/mol. The quantitative estimate of drug-likeness (QED) is 0.565. The van der Waals surface area contributed by atoms with Gasteiger partial charge < -0.3 is 20.3 Å². The summed E-state index contributed by atoms with van der Waals surface area (Å²) in [7, 11) is 0. The molecule has 8 heteroatoms. The van der Waals surface area contributed by atoms with Crippen LogP contribution in [0.4, 0.5) is 11.5 Å². The summed E-state index contributed by atoms with van der Waals surface area (Å²) in [5.74, 6) is -0.184. The molecule has 3 heterocycles. The van der Waals surface area contributed by atoms with E-state index in [4.69, 9.17) is 0 Å². The van der Waals surface area contributed by atoms with Crippen molar-refractivity contribution >= 4 is 34.3 Å². The number of carboxylic acids is 1. The Morgan fingerprint density at radius 2 is 1.90 bits per heavy atom. The smallest absolute Gasteiger partial charge is 0.325 e. The third kappa shape index (κ3) is 4.39. The molecule has 0 aliphatic carbocycles. The number of nitrogens with zero attached hydrogens (tertiary/aromatic N) is 3. The number of benzene rings is 1. The minimum absolute atomic E-state index is 0.0723. The van der Waals surface area contributed by atoms with E-state index in [2.05, 4.69) is 20.2 Å². The number of aromatic amines is 1. The maximum Gasteiger partial charge on any atom is 0.325 e. The van der Waals surface area contributed by atoms with Gasteiger partial charge in [-0.15, -0.1) is 0 Å². The van der Waals surface area contributed by atoms with Gasteiger partial charge in [0.25, 0.3) is 0 Å². The van der Waals surface area contributed by atoms with Crippen LogP contribution >= 0.6 is 0 Å². The number of nitrogens with one attached hydrogen (secondary N) is 2. The summed E-state index contributed by atoms with van der Waals surface area (Å²) in [4.78, 5) is 36.1. The molecule has 3 aromatic rings. The van der Waals surface area contributed by atoms with E-state index < -0.39 is 12.0 Å². The number of H-pyrrole nitrogens is 1. The molecule has 1 aliphatic heterocycles. The number of rotatable bonds is 6. The molecule has 162 valence electrons. The Morgan fingerprint density at radius 1 is 1.13 bits per heavy atom. The van der Waals surface area contributed by atoms with Crippen molar-refractivity contribution in [2.45, 2.75) is 19.9 Å². The van der Waals surface area contributed by atoms with E-state index in [1.807, 2.05) is 55.1 Å². The molecule has 0 spiro atoms. The van der Waals surface area contributed by atoms with Crippen molar-refractivity contribution in [2.75, 3.05) is 36.4 Å². The predicted octanol–water partition coefficient (Wildman–Crippen LogP) is 3.11. The van der Waals surface area contributed by atoms with E-state index >= 15 is 0 Å². The maximum atomic E-state index is 12.3. The molecular formula is C23H27N5O3. The summed E-state index contributed by atoms with van der Waals surface area (Å²) >= 11 is 0. The third-order valence-corrected chi connectivity index (χ3v) is 5.69. The van der Waals surface area contributed by atoms with Crippen molar-refractivity contribution in [2.24, 2.45) is 5.92 Å². The third-order valence-electron chi connectivity index (χ3n) is 5.69. The number of carbonyl (C=O) groups excluding carboxylic acids is 1. The zero-order valence-corrected chi connectivity index (χ0v) is 17.7. The van der Waals surface area contributed by atoms with Crippen LogP contribution in [0, 0.1) is 5.92 Å². The molecule has 1 saturated heterocycles. The second-order valence-electron chi connectivity index (χ2n) is 8.10. The molecule has 1 atom stereocenters. The van der Waals surface area contributed by atoms with Crippen LogP contribution in [0.15, 0.2) is 48.8 Å². The summed E-state index contributed by atoms with van der Waals surface area (Å²) < 4.78 is 0.